The van der Waals surface area contributed by atoms with E-state index in [1.807, 2.05) is 18.0 Å². The average molecular weight is 396 g/mol. The van der Waals surface area contributed by atoms with Crippen molar-refractivity contribution in [3.05, 3.63) is 52.8 Å². The summed E-state index contributed by atoms with van der Waals surface area (Å²) in [7, 11) is 1.87. The lowest BCUT2D eigenvalue weighted by molar-refractivity contribution is 0.0659. The van der Waals surface area contributed by atoms with Gasteiger partial charge in [0.25, 0.3) is 5.91 Å². The van der Waals surface area contributed by atoms with Gasteiger partial charge in [0.05, 0.1) is 5.69 Å². The van der Waals surface area contributed by atoms with Gasteiger partial charge in [-0.2, -0.15) is 5.10 Å². The number of hydrogen-bond acceptors (Lipinski definition) is 4. The molecule has 0 bridgehead atoms. The Bertz CT molecular complexity index is 853. The van der Waals surface area contributed by atoms with Crippen LogP contribution in [0.3, 0.4) is 0 Å². The molecule has 29 heavy (non-hydrogen) atoms. The van der Waals surface area contributed by atoms with Crippen molar-refractivity contribution >= 4 is 5.91 Å². The molecule has 6 nitrogen and oxygen atoms in total. The summed E-state index contributed by atoms with van der Waals surface area (Å²) in [6.07, 6.45) is 4.03. The third kappa shape index (κ3) is 4.23. The lowest BCUT2D eigenvalue weighted by atomic mass is 9.80. The van der Waals surface area contributed by atoms with Crippen LogP contribution in [0.5, 0.6) is 0 Å². The highest BCUT2D eigenvalue weighted by Crippen LogP contribution is 2.33. The number of hydrogen-bond donors (Lipinski definition) is 2. The SMILES string of the molecule is CCCc1cc(C(=O)N2CCC(C3NNCC3c3cccc(C)c3)CC2)n(C)n1. The van der Waals surface area contributed by atoms with Crippen molar-refractivity contribution < 1.29 is 4.79 Å². The normalized spacial score (nSPS) is 22.9. The molecule has 2 N–H and O–H groups in total. The molecule has 1 aromatic heterocycles. The van der Waals surface area contributed by atoms with Crippen LogP contribution in [0.1, 0.15) is 59.4 Å². The van der Waals surface area contributed by atoms with Gasteiger partial charge in [-0.05, 0) is 43.7 Å². The molecule has 0 radical (unpaired) electrons. The van der Waals surface area contributed by atoms with Gasteiger partial charge in [0.1, 0.15) is 5.69 Å². The van der Waals surface area contributed by atoms with Crippen LogP contribution in [-0.2, 0) is 13.5 Å². The number of piperidine rings is 1. The van der Waals surface area contributed by atoms with Crippen molar-refractivity contribution in [2.24, 2.45) is 13.0 Å². The molecule has 156 valence electrons. The molecule has 4 rings (SSSR count). The van der Waals surface area contributed by atoms with Crippen LogP contribution in [0.4, 0.5) is 0 Å². The zero-order valence-electron chi connectivity index (χ0n) is 17.8. The van der Waals surface area contributed by atoms with E-state index in [1.54, 1.807) is 4.68 Å². The zero-order valence-corrected chi connectivity index (χ0v) is 17.8. The average Bonchev–Trinajstić information content (AvgIpc) is 3.35. The molecule has 2 fully saturated rings. The van der Waals surface area contributed by atoms with Crippen molar-refractivity contribution in [1.29, 1.82) is 0 Å². The summed E-state index contributed by atoms with van der Waals surface area (Å²) in [6, 6.07) is 11.2. The molecule has 2 aliphatic heterocycles. The fourth-order valence-electron chi connectivity index (χ4n) is 4.92. The van der Waals surface area contributed by atoms with Gasteiger partial charge in [-0.3, -0.25) is 20.3 Å². The summed E-state index contributed by atoms with van der Waals surface area (Å²) in [4.78, 5) is 15.0. The molecular weight excluding hydrogens is 362 g/mol. The minimum Gasteiger partial charge on any atom is -0.337 e. The number of rotatable bonds is 5. The Balaban J connectivity index is 1.39. The minimum absolute atomic E-state index is 0.119. The maximum atomic E-state index is 13.0. The maximum Gasteiger partial charge on any atom is 0.272 e. The maximum absolute atomic E-state index is 13.0. The highest BCUT2D eigenvalue weighted by molar-refractivity contribution is 5.92. The van der Waals surface area contributed by atoms with Crippen molar-refractivity contribution in [3.8, 4) is 0 Å². The highest BCUT2D eigenvalue weighted by atomic mass is 16.2. The first kappa shape index (κ1) is 20.1. The number of likely N-dealkylation sites (tertiary alicyclic amines) is 1. The number of hydrazine groups is 1. The second-order valence-corrected chi connectivity index (χ2v) is 8.60. The van der Waals surface area contributed by atoms with E-state index in [0.717, 1.165) is 51.0 Å². The Labute approximate surface area is 173 Å². The molecule has 1 aromatic carbocycles. The second-order valence-electron chi connectivity index (χ2n) is 8.60. The van der Waals surface area contributed by atoms with E-state index >= 15 is 0 Å². The molecule has 0 spiro atoms. The van der Waals surface area contributed by atoms with E-state index < -0.39 is 0 Å². The van der Waals surface area contributed by atoms with Crippen molar-refractivity contribution in [3.63, 3.8) is 0 Å². The van der Waals surface area contributed by atoms with Crippen molar-refractivity contribution in [2.45, 2.75) is 51.5 Å². The van der Waals surface area contributed by atoms with E-state index in [1.165, 1.54) is 11.1 Å². The predicted octanol–water partition coefficient (Wildman–Crippen LogP) is 2.79. The van der Waals surface area contributed by atoms with Crippen LogP contribution < -0.4 is 10.9 Å². The Morgan fingerprint density at radius 3 is 2.76 bits per heavy atom. The topological polar surface area (TPSA) is 62.2 Å². The molecule has 3 heterocycles. The van der Waals surface area contributed by atoms with Gasteiger partial charge in [0, 0.05) is 38.6 Å². The molecule has 2 atom stereocenters. The quantitative estimate of drug-likeness (QED) is 0.817. The third-order valence-corrected chi connectivity index (χ3v) is 6.48. The smallest absolute Gasteiger partial charge is 0.272 e. The first-order valence-corrected chi connectivity index (χ1v) is 10.9. The van der Waals surface area contributed by atoms with E-state index in [2.05, 4.69) is 54.1 Å². The van der Waals surface area contributed by atoms with Gasteiger partial charge in [0.15, 0.2) is 0 Å². The molecule has 6 heteroatoms. The van der Waals surface area contributed by atoms with Crippen LogP contribution in [0.15, 0.2) is 30.3 Å². The Morgan fingerprint density at radius 2 is 2.03 bits per heavy atom. The van der Waals surface area contributed by atoms with Gasteiger partial charge in [0.2, 0.25) is 0 Å². The number of carbonyl (C=O) groups is 1. The van der Waals surface area contributed by atoms with Gasteiger partial charge >= 0.3 is 0 Å². The summed E-state index contributed by atoms with van der Waals surface area (Å²) < 4.78 is 1.75. The monoisotopic (exact) mass is 395 g/mol. The Hall–Kier alpha value is -2.18. The number of nitrogens with one attached hydrogen (secondary N) is 2. The summed E-state index contributed by atoms with van der Waals surface area (Å²) in [5, 5.41) is 4.50. The zero-order chi connectivity index (χ0) is 20.4. The van der Waals surface area contributed by atoms with Crippen molar-refractivity contribution in [2.75, 3.05) is 19.6 Å². The fraction of sp³-hybridized carbons (Fsp3) is 0.565. The largest absolute Gasteiger partial charge is 0.337 e. The highest BCUT2D eigenvalue weighted by Gasteiger charge is 2.37. The summed E-state index contributed by atoms with van der Waals surface area (Å²) in [5.74, 6) is 1.17. The van der Waals surface area contributed by atoms with Crippen LogP contribution in [0.2, 0.25) is 0 Å². The predicted molar refractivity (Wildman–Crippen MR) is 115 cm³/mol. The second kappa shape index (κ2) is 8.67. The van der Waals surface area contributed by atoms with Gasteiger partial charge in [-0.1, -0.05) is 43.2 Å². The van der Waals surface area contributed by atoms with E-state index in [-0.39, 0.29) is 5.91 Å². The number of amides is 1. The first-order valence-electron chi connectivity index (χ1n) is 10.9. The van der Waals surface area contributed by atoms with Gasteiger partial charge in [-0.25, -0.2) is 0 Å². The molecule has 2 aliphatic rings. The summed E-state index contributed by atoms with van der Waals surface area (Å²) in [5.41, 5.74) is 11.3. The van der Waals surface area contributed by atoms with Crippen LogP contribution in [-0.4, -0.2) is 46.3 Å². The van der Waals surface area contributed by atoms with Crippen LogP contribution >= 0.6 is 0 Å². The lowest BCUT2D eigenvalue weighted by Gasteiger charge is -2.36. The number of benzene rings is 1. The van der Waals surface area contributed by atoms with E-state index in [9.17, 15) is 4.79 Å². The molecule has 2 unspecified atom stereocenters. The molecule has 1 amide bonds. The number of carbonyl (C=O) groups excluding carboxylic acids is 1. The van der Waals surface area contributed by atoms with Gasteiger partial charge < -0.3 is 4.90 Å². The Kier molecular flexibility index (Phi) is 6.01. The Morgan fingerprint density at radius 1 is 1.24 bits per heavy atom. The number of aromatic nitrogens is 2. The molecule has 0 aliphatic carbocycles. The van der Waals surface area contributed by atoms with E-state index in [0.29, 0.717) is 23.6 Å². The number of nitrogens with zero attached hydrogens (tertiary/aromatic N) is 3. The summed E-state index contributed by atoms with van der Waals surface area (Å²) in [6.45, 7) is 6.88. The van der Waals surface area contributed by atoms with Gasteiger partial charge in [-0.15, -0.1) is 0 Å². The lowest BCUT2D eigenvalue weighted by Crippen LogP contribution is -2.46. The fourth-order valence-corrected chi connectivity index (χ4v) is 4.92. The van der Waals surface area contributed by atoms with Crippen molar-refractivity contribution in [1.82, 2.24) is 25.5 Å². The first-order chi connectivity index (χ1) is 14.1. The standard InChI is InChI=1S/C23H33N5O/c1-4-6-19-14-21(27(3)26-19)23(29)28-11-9-17(10-12-28)22-20(15-24-25-22)18-8-5-7-16(2)13-18/h5,7-8,13-14,17,20,22,24-25H,4,6,9-12,15H2,1-3H3. The van der Waals surface area contributed by atoms with Crippen LogP contribution in [0, 0.1) is 12.8 Å². The third-order valence-electron chi connectivity index (χ3n) is 6.48. The molecule has 0 saturated carbocycles. The molecule has 2 saturated heterocycles. The van der Waals surface area contributed by atoms with Crippen LogP contribution in [0.25, 0.3) is 0 Å². The number of aryl methyl sites for hydroxylation is 3. The molecular formula is C23H33N5O. The summed E-state index contributed by atoms with van der Waals surface area (Å²) >= 11 is 0. The van der Waals surface area contributed by atoms with E-state index in [4.69, 9.17) is 0 Å². The molecule has 2 aromatic rings. The minimum atomic E-state index is 0.119.